The van der Waals surface area contributed by atoms with Crippen molar-refractivity contribution in [2.75, 3.05) is 7.11 Å². The minimum atomic E-state index is -4.17. The Morgan fingerprint density at radius 2 is 1.92 bits per heavy atom. The highest BCUT2D eigenvalue weighted by Crippen LogP contribution is 2.39. The lowest BCUT2D eigenvalue weighted by molar-refractivity contribution is -0.142. The monoisotopic (exact) mass is 235 g/mol. The van der Waals surface area contributed by atoms with E-state index in [0.29, 0.717) is 0 Å². The molecular weight excluding hydrogens is 224 g/mol. The standard InChI is InChI=1S/C4H9NO3.ClH2O3P/c1-3(4(6)7)5-8-2;1-5(2,3)4/h3,5H,1-2H3,(H,6,7);(H2,2,3,4)/t3-;/m0./s1. The van der Waals surface area contributed by atoms with E-state index in [1.54, 1.807) is 0 Å². The Balaban J connectivity index is 0. The molecule has 1 atom stereocenters. The first-order chi connectivity index (χ1) is 5.68. The second-order valence-corrected chi connectivity index (χ2v) is 4.12. The van der Waals surface area contributed by atoms with Crippen molar-refractivity contribution in [1.82, 2.24) is 5.48 Å². The third-order valence-corrected chi connectivity index (χ3v) is 0.665. The maximum Gasteiger partial charge on any atom is 0.419 e. The molecule has 0 radical (unpaired) electrons. The molecule has 0 unspecified atom stereocenters. The summed E-state index contributed by atoms with van der Waals surface area (Å²) in [6.45, 7) is -2.67. The average Bonchev–Trinajstić information content (AvgIpc) is 1.84. The van der Waals surface area contributed by atoms with Crippen LogP contribution in [0.1, 0.15) is 6.92 Å². The van der Waals surface area contributed by atoms with Gasteiger partial charge in [-0.15, -0.1) is 0 Å². The van der Waals surface area contributed by atoms with E-state index in [4.69, 9.17) is 19.5 Å². The van der Waals surface area contributed by atoms with Crippen LogP contribution in [0.2, 0.25) is 0 Å². The van der Waals surface area contributed by atoms with E-state index in [1.165, 1.54) is 14.0 Å². The van der Waals surface area contributed by atoms with Crippen molar-refractivity contribution in [3.05, 3.63) is 0 Å². The summed E-state index contributed by atoms with van der Waals surface area (Å²) in [5, 5.41) is 8.17. The Morgan fingerprint density at radius 1 is 1.62 bits per heavy atom. The molecular formula is C4H11ClNO6P. The van der Waals surface area contributed by atoms with Crippen LogP contribution >= 0.6 is 18.2 Å². The zero-order valence-electron chi connectivity index (χ0n) is 6.97. The average molecular weight is 236 g/mol. The third kappa shape index (κ3) is 24.5. The molecule has 0 aliphatic carbocycles. The van der Waals surface area contributed by atoms with Crippen LogP contribution in [0.25, 0.3) is 0 Å². The van der Waals surface area contributed by atoms with Crippen LogP contribution in [-0.4, -0.2) is 34.0 Å². The first kappa shape index (κ1) is 15.3. The van der Waals surface area contributed by atoms with Crippen LogP contribution in [-0.2, 0) is 14.2 Å². The predicted octanol–water partition coefficient (Wildman–Crippen LogP) is -0.0716. The van der Waals surface area contributed by atoms with Crippen LogP contribution in [0.4, 0.5) is 0 Å². The first-order valence-electron chi connectivity index (χ1n) is 2.95. The molecule has 0 amide bonds. The molecule has 0 aromatic heterocycles. The molecule has 0 bridgehead atoms. The number of carbonyl (C=O) groups is 1. The van der Waals surface area contributed by atoms with E-state index < -0.39 is 19.0 Å². The van der Waals surface area contributed by atoms with Gasteiger partial charge in [-0.25, -0.2) is 4.57 Å². The Morgan fingerprint density at radius 3 is 2.00 bits per heavy atom. The number of rotatable bonds is 3. The predicted molar refractivity (Wildman–Crippen MR) is 45.1 cm³/mol. The van der Waals surface area contributed by atoms with E-state index in [2.05, 4.69) is 21.6 Å². The molecule has 4 N–H and O–H groups in total. The molecule has 9 heteroatoms. The molecule has 0 aromatic carbocycles. The Hall–Kier alpha value is -0.170. The molecule has 0 rings (SSSR count). The number of hydrogen-bond acceptors (Lipinski definition) is 4. The largest absolute Gasteiger partial charge is 0.480 e. The van der Waals surface area contributed by atoms with Gasteiger partial charge in [-0.1, -0.05) is 0 Å². The molecule has 7 nitrogen and oxygen atoms in total. The molecule has 0 aliphatic heterocycles. The highest BCUT2D eigenvalue weighted by atomic mass is 35.7. The van der Waals surface area contributed by atoms with E-state index in [1.807, 2.05) is 0 Å². The number of nitrogens with one attached hydrogen (secondary N) is 1. The lowest BCUT2D eigenvalue weighted by Crippen LogP contribution is -2.32. The maximum atomic E-state index is 9.95. The van der Waals surface area contributed by atoms with E-state index in [0.717, 1.165) is 0 Å². The number of halogens is 1. The van der Waals surface area contributed by atoms with Gasteiger partial charge in [-0.05, 0) is 6.92 Å². The molecule has 0 spiro atoms. The Bertz CT molecular complexity index is 185. The molecule has 0 aliphatic rings. The molecule has 0 heterocycles. The van der Waals surface area contributed by atoms with Crippen molar-refractivity contribution in [2.45, 2.75) is 13.0 Å². The van der Waals surface area contributed by atoms with Crippen molar-refractivity contribution in [2.24, 2.45) is 0 Å². The second kappa shape index (κ2) is 7.25. The summed E-state index contributed by atoms with van der Waals surface area (Å²) in [5.41, 5.74) is 2.25. The number of carboxylic acids is 1. The highest BCUT2D eigenvalue weighted by Gasteiger charge is 2.07. The fraction of sp³-hybridized carbons (Fsp3) is 0.750. The summed E-state index contributed by atoms with van der Waals surface area (Å²) >= 11 is 4.20. The van der Waals surface area contributed by atoms with Crippen LogP contribution in [0, 0.1) is 0 Å². The summed E-state index contributed by atoms with van der Waals surface area (Å²) in [6.07, 6.45) is 0. The van der Waals surface area contributed by atoms with Crippen molar-refractivity contribution in [1.29, 1.82) is 0 Å². The van der Waals surface area contributed by atoms with Crippen LogP contribution in [0.15, 0.2) is 0 Å². The minimum absolute atomic E-state index is 0.639. The SMILES string of the molecule is CON[C@@H](C)C(=O)O.O=P(O)(O)Cl. The number of hydrogen-bond donors (Lipinski definition) is 4. The van der Waals surface area contributed by atoms with Crippen LogP contribution in [0.3, 0.4) is 0 Å². The first-order valence-corrected chi connectivity index (χ1v) is 5.46. The number of hydroxylamine groups is 1. The zero-order valence-corrected chi connectivity index (χ0v) is 8.62. The Labute approximate surface area is 79.6 Å². The summed E-state index contributed by atoms with van der Waals surface area (Å²) in [5.74, 6) is -0.924. The van der Waals surface area contributed by atoms with Gasteiger partial charge in [0, 0.05) is 11.2 Å². The fourth-order valence-corrected chi connectivity index (χ4v) is 0.227. The van der Waals surface area contributed by atoms with E-state index in [-0.39, 0.29) is 0 Å². The quantitative estimate of drug-likeness (QED) is 0.400. The highest BCUT2D eigenvalue weighted by molar-refractivity contribution is 7.79. The molecule has 80 valence electrons. The van der Waals surface area contributed by atoms with Crippen molar-refractivity contribution >= 4 is 24.2 Å². The van der Waals surface area contributed by atoms with Gasteiger partial charge < -0.3 is 19.7 Å². The fourth-order valence-electron chi connectivity index (χ4n) is 0.227. The number of aliphatic carboxylic acids is 1. The summed E-state index contributed by atoms with van der Waals surface area (Å²) in [4.78, 5) is 29.1. The second-order valence-electron chi connectivity index (χ2n) is 1.85. The van der Waals surface area contributed by atoms with Gasteiger partial charge in [0.15, 0.2) is 0 Å². The maximum absolute atomic E-state index is 9.95. The normalized spacial score (nSPS) is 12.7. The molecule has 0 fully saturated rings. The minimum Gasteiger partial charge on any atom is -0.480 e. The van der Waals surface area contributed by atoms with Gasteiger partial charge in [0.05, 0.1) is 7.11 Å². The van der Waals surface area contributed by atoms with Gasteiger partial charge in [0.1, 0.15) is 6.04 Å². The summed E-state index contributed by atoms with van der Waals surface area (Å²) in [6, 6.07) is -0.639. The summed E-state index contributed by atoms with van der Waals surface area (Å²) < 4.78 is 9.09. The molecule has 0 saturated carbocycles. The topological polar surface area (TPSA) is 116 Å². The van der Waals surface area contributed by atoms with Crippen molar-refractivity contribution in [3.63, 3.8) is 0 Å². The van der Waals surface area contributed by atoms with Crippen molar-refractivity contribution in [3.8, 4) is 0 Å². The Kier molecular flexibility index (Phi) is 8.54. The molecule has 0 saturated heterocycles. The van der Waals surface area contributed by atoms with Gasteiger partial charge >= 0.3 is 12.9 Å². The smallest absolute Gasteiger partial charge is 0.419 e. The van der Waals surface area contributed by atoms with Crippen LogP contribution < -0.4 is 5.48 Å². The third-order valence-electron chi connectivity index (χ3n) is 0.665. The van der Waals surface area contributed by atoms with Crippen LogP contribution in [0.5, 0.6) is 0 Å². The lowest BCUT2D eigenvalue weighted by Gasteiger charge is -2.03. The van der Waals surface area contributed by atoms with E-state index >= 15 is 0 Å². The van der Waals surface area contributed by atoms with Gasteiger partial charge in [0.25, 0.3) is 0 Å². The van der Waals surface area contributed by atoms with Gasteiger partial charge in [-0.2, -0.15) is 5.48 Å². The summed E-state index contributed by atoms with van der Waals surface area (Å²) in [7, 11) is 1.37. The van der Waals surface area contributed by atoms with Gasteiger partial charge in [-0.3, -0.25) is 4.79 Å². The van der Waals surface area contributed by atoms with Crippen molar-refractivity contribution < 1.29 is 29.1 Å². The number of carboxylic acid groups (broad SMARTS) is 1. The van der Waals surface area contributed by atoms with E-state index in [9.17, 15) is 4.79 Å². The molecule has 13 heavy (non-hydrogen) atoms. The zero-order chi connectivity index (χ0) is 11.1. The lowest BCUT2D eigenvalue weighted by atomic mass is 10.4. The van der Waals surface area contributed by atoms with Gasteiger partial charge in [0.2, 0.25) is 0 Å². The molecule has 0 aromatic rings.